The van der Waals surface area contributed by atoms with Crippen LogP contribution in [0.15, 0.2) is 36.4 Å². The van der Waals surface area contributed by atoms with E-state index in [1.54, 1.807) is 12.0 Å². The molecule has 3 aliphatic heterocycles. The van der Waals surface area contributed by atoms with E-state index in [4.69, 9.17) is 9.47 Å². The van der Waals surface area contributed by atoms with Crippen LogP contribution in [0.4, 0.5) is 5.69 Å². The van der Waals surface area contributed by atoms with Crippen LogP contribution in [0.25, 0.3) is 0 Å². The molecule has 4 rings (SSSR count). The van der Waals surface area contributed by atoms with Crippen LogP contribution >= 0.6 is 0 Å². The third-order valence-corrected chi connectivity index (χ3v) is 6.59. The van der Waals surface area contributed by atoms with Crippen LogP contribution in [0.1, 0.15) is 40.0 Å². The van der Waals surface area contributed by atoms with Gasteiger partial charge in [-0.05, 0) is 43.5 Å². The van der Waals surface area contributed by atoms with Crippen molar-refractivity contribution in [1.29, 1.82) is 0 Å². The van der Waals surface area contributed by atoms with Crippen LogP contribution in [0.3, 0.4) is 0 Å². The summed E-state index contributed by atoms with van der Waals surface area (Å²) >= 11 is 0. The molecule has 5 atom stereocenters. The maximum atomic E-state index is 13.4. The van der Waals surface area contributed by atoms with Crippen LogP contribution in [0.5, 0.6) is 5.75 Å². The smallest absolute Gasteiger partial charge is 0.234 e. The van der Waals surface area contributed by atoms with E-state index < -0.39 is 17.4 Å². The third-order valence-electron chi connectivity index (χ3n) is 6.59. The first kappa shape index (κ1) is 20.9. The Kier molecular flexibility index (Phi) is 5.62. The normalized spacial score (nSPS) is 30.1. The fourth-order valence-electron chi connectivity index (χ4n) is 5.02. The highest BCUT2D eigenvalue weighted by Crippen LogP contribution is 2.52. The zero-order valence-corrected chi connectivity index (χ0v) is 18.3. The van der Waals surface area contributed by atoms with E-state index >= 15 is 0 Å². The van der Waals surface area contributed by atoms with Crippen molar-refractivity contribution in [2.24, 2.45) is 17.8 Å². The number of rotatable bonds is 8. The number of benzene rings is 1. The molecule has 2 saturated heterocycles. The highest BCUT2D eigenvalue weighted by atomic mass is 16.5. The number of anilines is 1. The monoisotopic (exact) mass is 412 g/mol. The van der Waals surface area contributed by atoms with Gasteiger partial charge in [0.25, 0.3) is 0 Å². The number of hydrogen-bond donors (Lipinski definition) is 1. The summed E-state index contributed by atoms with van der Waals surface area (Å²) in [5.74, 6) is 0.343. The summed E-state index contributed by atoms with van der Waals surface area (Å²) in [6, 6.07) is 7.51. The minimum Gasteiger partial charge on any atom is -0.497 e. The van der Waals surface area contributed by atoms with Crippen molar-refractivity contribution in [3.63, 3.8) is 0 Å². The summed E-state index contributed by atoms with van der Waals surface area (Å²) in [6.07, 6.45) is 6.80. The lowest BCUT2D eigenvalue weighted by atomic mass is 9.76. The zero-order valence-electron chi connectivity index (χ0n) is 18.3. The number of carbonyl (C=O) groups excluding carboxylic acids is 2. The highest BCUT2D eigenvalue weighted by molar-refractivity contribution is 6.03. The van der Waals surface area contributed by atoms with Gasteiger partial charge in [-0.3, -0.25) is 9.59 Å². The van der Waals surface area contributed by atoms with Crippen LogP contribution in [0, 0.1) is 17.8 Å². The summed E-state index contributed by atoms with van der Waals surface area (Å²) in [5, 5.41) is 3.14. The van der Waals surface area contributed by atoms with E-state index in [9.17, 15) is 9.59 Å². The third kappa shape index (κ3) is 3.62. The van der Waals surface area contributed by atoms with Gasteiger partial charge in [0, 0.05) is 11.7 Å². The number of carbonyl (C=O) groups is 2. The summed E-state index contributed by atoms with van der Waals surface area (Å²) in [7, 11) is 1.61. The molecule has 6 nitrogen and oxygen atoms in total. The van der Waals surface area contributed by atoms with Gasteiger partial charge < -0.3 is 19.7 Å². The molecule has 30 heavy (non-hydrogen) atoms. The molecule has 3 heterocycles. The topological polar surface area (TPSA) is 67.9 Å². The van der Waals surface area contributed by atoms with Crippen LogP contribution in [-0.2, 0) is 14.3 Å². The molecule has 2 amide bonds. The molecule has 0 saturated carbocycles. The first-order valence-electron chi connectivity index (χ1n) is 11.0. The van der Waals surface area contributed by atoms with Crippen LogP contribution < -0.4 is 15.0 Å². The van der Waals surface area contributed by atoms with Crippen molar-refractivity contribution in [1.82, 2.24) is 5.32 Å². The van der Waals surface area contributed by atoms with E-state index in [0.29, 0.717) is 12.5 Å². The molecule has 2 bridgehead atoms. The lowest BCUT2D eigenvalue weighted by molar-refractivity contribution is -0.132. The second-order valence-electron chi connectivity index (χ2n) is 9.26. The Morgan fingerprint density at radius 2 is 2.00 bits per heavy atom. The van der Waals surface area contributed by atoms with Gasteiger partial charge >= 0.3 is 0 Å². The molecule has 2 fully saturated rings. The van der Waals surface area contributed by atoms with Gasteiger partial charge in [0.2, 0.25) is 11.8 Å². The van der Waals surface area contributed by atoms with Gasteiger partial charge in [0.15, 0.2) is 0 Å². The van der Waals surface area contributed by atoms with Crippen molar-refractivity contribution < 1.29 is 19.1 Å². The second kappa shape index (κ2) is 8.06. The molecule has 3 aliphatic rings. The van der Waals surface area contributed by atoms with Crippen LogP contribution in [-0.4, -0.2) is 43.2 Å². The SMILES string of the molecule is COc1ccc(N2C[C@@]34C=C[C@H](O3)C(C(=O)NC(C)CCCC(C)C)C4C2=O)cc1. The molecule has 1 aromatic rings. The molecule has 0 radical (unpaired) electrons. The Labute approximate surface area is 178 Å². The van der Waals surface area contributed by atoms with Crippen LogP contribution in [0.2, 0.25) is 0 Å². The lowest BCUT2D eigenvalue weighted by Crippen LogP contribution is -2.46. The fourth-order valence-corrected chi connectivity index (χ4v) is 5.02. The second-order valence-corrected chi connectivity index (χ2v) is 9.26. The standard InChI is InChI=1S/C24H32N2O4/c1-15(2)6-5-7-16(3)25-22(27)20-19-12-13-24(30-19)14-26(23(28)21(20)24)17-8-10-18(29-4)11-9-17/h8-13,15-16,19-21H,5-7,14H2,1-4H3,(H,25,27)/t16?,19-,20?,21?,24+/m0/s1. The Hall–Kier alpha value is -2.34. The summed E-state index contributed by atoms with van der Waals surface area (Å²) in [4.78, 5) is 28.3. The Morgan fingerprint density at radius 1 is 1.27 bits per heavy atom. The van der Waals surface area contributed by atoms with Gasteiger partial charge in [0.1, 0.15) is 11.4 Å². The summed E-state index contributed by atoms with van der Waals surface area (Å²) in [5.41, 5.74) is 0.0936. The van der Waals surface area contributed by atoms with E-state index in [2.05, 4.69) is 19.2 Å². The lowest BCUT2D eigenvalue weighted by Gasteiger charge is -2.25. The average Bonchev–Trinajstić information content (AvgIpc) is 3.36. The number of fused-ring (bicyclic) bond motifs is 1. The first-order valence-corrected chi connectivity index (χ1v) is 11.0. The van der Waals surface area contributed by atoms with E-state index in [1.807, 2.05) is 43.3 Å². The van der Waals surface area contributed by atoms with E-state index in [-0.39, 0.29) is 24.0 Å². The number of nitrogens with zero attached hydrogens (tertiary/aromatic N) is 1. The van der Waals surface area contributed by atoms with Crippen molar-refractivity contribution in [3.05, 3.63) is 36.4 Å². The van der Waals surface area contributed by atoms with Gasteiger partial charge in [-0.15, -0.1) is 0 Å². The fraction of sp³-hybridized carbons (Fsp3) is 0.583. The molecule has 0 aliphatic carbocycles. The van der Waals surface area contributed by atoms with Gasteiger partial charge in [-0.2, -0.15) is 0 Å². The molecular formula is C24H32N2O4. The highest BCUT2D eigenvalue weighted by Gasteiger charge is 2.67. The van der Waals surface area contributed by atoms with Crippen molar-refractivity contribution in [2.45, 2.75) is 57.8 Å². The molecular weight excluding hydrogens is 380 g/mol. The Bertz CT molecular complexity index is 834. The quantitative estimate of drug-likeness (QED) is 0.665. The zero-order chi connectivity index (χ0) is 21.5. The number of ether oxygens (including phenoxy) is 2. The van der Waals surface area contributed by atoms with Crippen molar-refractivity contribution >= 4 is 17.5 Å². The maximum Gasteiger partial charge on any atom is 0.234 e. The number of amides is 2. The number of nitrogens with one attached hydrogen (secondary N) is 1. The van der Waals surface area contributed by atoms with Crippen molar-refractivity contribution in [2.75, 3.05) is 18.6 Å². The van der Waals surface area contributed by atoms with Gasteiger partial charge in [-0.25, -0.2) is 0 Å². The average molecular weight is 413 g/mol. The first-order chi connectivity index (χ1) is 14.3. The van der Waals surface area contributed by atoms with E-state index in [0.717, 1.165) is 30.7 Å². The number of methoxy groups -OCH3 is 1. The molecule has 0 aromatic heterocycles. The minimum absolute atomic E-state index is 0.0420. The molecule has 6 heteroatoms. The molecule has 162 valence electrons. The molecule has 1 N–H and O–H groups in total. The summed E-state index contributed by atoms with van der Waals surface area (Å²) in [6.45, 7) is 6.89. The minimum atomic E-state index is -0.704. The molecule has 1 spiro atoms. The Morgan fingerprint density at radius 3 is 2.67 bits per heavy atom. The molecule has 1 aromatic carbocycles. The summed E-state index contributed by atoms with van der Waals surface area (Å²) < 4.78 is 11.4. The molecule has 3 unspecified atom stereocenters. The van der Waals surface area contributed by atoms with Crippen molar-refractivity contribution in [3.8, 4) is 5.75 Å². The predicted molar refractivity (Wildman–Crippen MR) is 115 cm³/mol. The largest absolute Gasteiger partial charge is 0.497 e. The van der Waals surface area contributed by atoms with E-state index in [1.165, 1.54) is 0 Å². The predicted octanol–water partition coefficient (Wildman–Crippen LogP) is 3.31. The maximum absolute atomic E-state index is 13.4. The Balaban J connectivity index is 1.47. The van der Waals surface area contributed by atoms with Gasteiger partial charge in [-0.1, -0.05) is 38.8 Å². The number of hydrogen-bond acceptors (Lipinski definition) is 4. The van der Waals surface area contributed by atoms with Gasteiger partial charge in [0.05, 0.1) is 31.6 Å².